The van der Waals surface area contributed by atoms with E-state index in [9.17, 15) is 13.2 Å². The number of rotatable bonds is 6. The minimum atomic E-state index is -3.52. The summed E-state index contributed by atoms with van der Waals surface area (Å²) in [5.74, 6) is 0.627. The van der Waals surface area contributed by atoms with E-state index < -0.39 is 10.0 Å². The lowest BCUT2D eigenvalue weighted by Crippen LogP contribution is -2.65. The van der Waals surface area contributed by atoms with Gasteiger partial charge in [-0.05, 0) is 24.3 Å². The lowest BCUT2D eigenvalue weighted by atomic mass is 9.93. The van der Waals surface area contributed by atoms with Gasteiger partial charge in [-0.15, -0.1) is 0 Å². The molecule has 2 heterocycles. The van der Waals surface area contributed by atoms with Crippen molar-refractivity contribution < 1.29 is 22.4 Å². The Hall–Kier alpha value is -1.84. The van der Waals surface area contributed by atoms with E-state index >= 15 is 0 Å². The third-order valence-corrected chi connectivity index (χ3v) is 8.09. The Balaban J connectivity index is 1.59. The number of ether oxygens (including phenoxy) is 1. The van der Waals surface area contributed by atoms with E-state index in [1.165, 1.54) is 0 Å². The van der Waals surface area contributed by atoms with Crippen LogP contribution < -0.4 is 14.8 Å². The molecule has 2 aromatic rings. The number of piperidine rings is 2. The highest BCUT2D eigenvalue weighted by molar-refractivity contribution is 7.92. The summed E-state index contributed by atoms with van der Waals surface area (Å²) in [6, 6.07) is 12.3. The van der Waals surface area contributed by atoms with E-state index in [1.807, 2.05) is 0 Å². The van der Waals surface area contributed by atoms with Crippen molar-refractivity contribution in [3.8, 4) is 5.75 Å². The summed E-state index contributed by atoms with van der Waals surface area (Å²) in [5.41, 5.74) is 0.742. The van der Waals surface area contributed by atoms with E-state index in [1.54, 1.807) is 42.5 Å². The van der Waals surface area contributed by atoms with Gasteiger partial charge in [0.2, 0.25) is 10.0 Å². The van der Waals surface area contributed by atoms with Crippen LogP contribution in [0.3, 0.4) is 0 Å². The molecule has 0 aromatic heterocycles. The highest BCUT2D eigenvalue weighted by atomic mass is 35.5. The van der Waals surface area contributed by atoms with Crippen molar-refractivity contribution in [3.63, 3.8) is 0 Å². The molecule has 184 valence electrons. The predicted octanol–water partition coefficient (Wildman–Crippen LogP) is 4.32. The van der Waals surface area contributed by atoms with Crippen LogP contribution in [0.4, 0.5) is 5.69 Å². The summed E-state index contributed by atoms with van der Waals surface area (Å²) in [4.78, 5) is 14.1. The number of hydrogen-bond donors (Lipinski definition) is 2. The highest BCUT2D eigenvalue weighted by Gasteiger charge is 2.48. The van der Waals surface area contributed by atoms with E-state index in [-0.39, 0.29) is 18.1 Å². The van der Waals surface area contributed by atoms with Crippen LogP contribution in [0.15, 0.2) is 42.5 Å². The van der Waals surface area contributed by atoms with Gasteiger partial charge in [-0.2, -0.15) is 0 Å². The third-order valence-electron chi connectivity index (χ3n) is 6.76. The van der Waals surface area contributed by atoms with Gasteiger partial charge in [-0.3, -0.25) is 9.21 Å². The van der Waals surface area contributed by atoms with Crippen LogP contribution in [0.5, 0.6) is 5.75 Å². The molecule has 0 atom stereocenters. The maximum absolute atomic E-state index is 14.1. The van der Waals surface area contributed by atoms with Crippen LogP contribution in [0.2, 0.25) is 10.0 Å². The first-order valence-corrected chi connectivity index (χ1v) is 14.1. The van der Waals surface area contributed by atoms with Gasteiger partial charge in [0.1, 0.15) is 17.4 Å². The molecule has 2 aliphatic heterocycles. The maximum atomic E-state index is 14.1. The Morgan fingerprint density at radius 1 is 1.03 bits per heavy atom. The molecule has 1 amide bonds. The minimum absolute atomic E-state index is 0.0355. The van der Waals surface area contributed by atoms with Crippen molar-refractivity contribution in [2.45, 2.75) is 37.8 Å². The van der Waals surface area contributed by atoms with Crippen molar-refractivity contribution in [2.24, 2.45) is 0 Å². The van der Waals surface area contributed by atoms with Gasteiger partial charge in [0, 0.05) is 44.8 Å². The SMILES string of the molecule is CS(=O)(=O)Nc1ccccc1C(=O)[N+]1(C2CCNCC2)CCC(Oc2ccc(Cl)c(Cl)c2)CC1. The number of nitrogens with zero attached hydrogens (tertiary/aromatic N) is 1. The Kier molecular flexibility index (Phi) is 7.74. The zero-order valence-electron chi connectivity index (χ0n) is 19.1. The molecule has 0 radical (unpaired) electrons. The Morgan fingerprint density at radius 2 is 1.71 bits per heavy atom. The summed E-state index contributed by atoms with van der Waals surface area (Å²) in [6.07, 6.45) is 4.26. The molecule has 10 heteroatoms. The lowest BCUT2D eigenvalue weighted by molar-refractivity contribution is -0.881. The number of anilines is 1. The van der Waals surface area contributed by atoms with Crippen LogP contribution in [0.1, 0.15) is 36.0 Å². The van der Waals surface area contributed by atoms with Gasteiger partial charge in [-0.25, -0.2) is 13.2 Å². The van der Waals surface area contributed by atoms with Crippen LogP contribution >= 0.6 is 23.2 Å². The van der Waals surface area contributed by atoms with E-state index in [0.29, 0.717) is 57.5 Å². The van der Waals surface area contributed by atoms with Crippen molar-refractivity contribution in [3.05, 3.63) is 58.1 Å². The number of para-hydroxylation sites is 1. The molecular weight excluding hydrogens is 497 g/mol. The monoisotopic (exact) mass is 526 g/mol. The van der Waals surface area contributed by atoms with Gasteiger partial charge >= 0.3 is 5.91 Å². The second-order valence-electron chi connectivity index (χ2n) is 9.08. The first-order chi connectivity index (χ1) is 16.2. The number of carbonyl (C=O) groups excluding carboxylic acids is 1. The van der Waals surface area contributed by atoms with Crippen molar-refractivity contribution in [1.29, 1.82) is 0 Å². The summed E-state index contributed by atoms with van der Waals surface area (Å²) >= 11 is 12.2. The summed E-state index contributed by atoms with van der Waals surface area (Å²) < 4.78 is 32.9. The average molecular weight is 527 g/mol. The van der Waals surface area contributed by atoms with Gasteiger partial charge < -0.3 is 10.1 Å². The van der Waals surface area contributed by atoms with E-state index in [4.69, 9.17) is 27.9 Å². The molecule has 2 aromatic carbocycles. The Morgan fingerprint density at radius 3 is 2.35 bits per heavy atom. The number of nitrogens with one attached hydrogen (secondary N) is 2. The molecule has 34 heavy (non-hydrogen) atoms. The lowest BCUT2D eigenvalue weighted by Gasteiger charge is -2.47. The summed E-state index contributed by atoms with van der Waals surface area (Å²) in [5, 5.41) is 4.30. The average Bonchev–Trinajstić information content (AvgIpc) is 2.81. The number of likely N-dealkylation sites (tertiary alicyclic amines) is 1. The largest absolute Gasteiger partial charge is 0.490 e. The molecule has 0 saturated carbocycles. The predicted molar refractivity (Wildman–Crippen MR) is 135 cm³/mol. The fourth-order valence-electron chi connectivity index (χ4n) is 5.10. The normalized spacial score (nSPS) is 23.9. The van der Waals surface area contributed by atoms with Crippen molar-refractivity contribution in [2.75, 3.05) is 37.2 Å². The standard InChI is InChI=1S/C24H29Cl2N3O4S/c1-34(31,32)28-23-5-3-2-4-20(23)24(30)29(17-8-12-27-13-9-17)14-10-18(11-15-29)33-19-6-7-21(25)22(26)16-19/h2-7,16-18,27H,8-15H2,1H3/p+1. The Bertz CT molecular complexity index is 1140. The quantitative estimate of drug-likeness (QED) is 0.547. The van der Waals surface area contributed by atoms with Gasteiger partial charge in [0.25, 0.3) is 0 Å². The van der Waals surface area contributed by atoms with E-state index in [0.717, 1.165) is 32.2 Å². The van der Waals surface area contributed by atoms with Crippen molar-refractivity contribution >= 4 is 44.8 Å². The summed E-state index contributed by atoms with van der Waals surface area (Å²) in [7, 11) is -3.52. The molecule has 2 fully saturated rings. The number of halogens is 2. The maximum Gasteiger partial charge on any atom is 0.348 e. The number of benzene rings is 2. The molecule has 4 rings (SSSR count). The summed E-state index contributed by atoms with van der Waals surface area (Å²) in [6.45, 7) is 2.99. The molecule has 0 aliphatic carbocycles. The number of amides is 1. The molecule has 0 unspecified atom stereocenters. The second kappa shape index (κ2) is 10.4. The van der Waals surface area contributed by atoms with Crippen LogP contribution in [0, 0.1) is 0 Å². The molecule has 0 spiro atoms. The number of quaternary nitrogens is 1. The molecular formula is C24H30Cl2N3O4S+. The molecule has 0 bridgehead atoms. The number of carbonyl (C=O) groups is 1. The number of sulfonamides is 1. The topological polar surface area (TPSA) is 84.5 Å². The van der Waals surface area contributed by atoms with Gasteiger partial charge in [0.15, 0.2) is 0 Å². The third kappa shape index (κ3) is 5.69. The van der Waals surface area contributed by atoms with Gasteiger partial charge in [-0.1, -0.05) is 35.3 Å². The smallest absolute Gasteiger partial charge is 0.348 e. The van der Waals surface area contributed by atoms with Crippen LogP contribution in [-0.4, -0.2) is 63.4 Å². The number of hydrogen-bond acceptors (Lipinski definition) is 5. The first kappa shape index (κ1) is 25.3. The van der Waals surface area contributed by atoms with E-state index in [2.05, 4.69) is 10.0 Å². The molecule has 7 nitrogen and oxygen atoms in total. The van der Waals surface area contributed by atoms with Crippen molar-refractivity contribution in [1.82, 2.24) is 5.32 Å². The molecule has 2 N–H and O–H groups in total. The van der Waals surface area contributed by atoms with Crippen LogP contribution in [0.25, 0.3) is 0 Å². The van der Waals surface area contributed by atoms with Crippen LogP contribution in [-0.2, 0) is 10.0 Å². The highest BCUT2D eigenvalue weighted by Crippen LogP contribution is 2.35. The zero-order valence-corrected chi connectivity index (χ0v) is 21.4. The van der Waals surface area contributed by atoms with Gasteiger partial charge in [0.05, 0.1) is 41.1 Å². The zero-order chi connectivity index (χ0) is 24.3. The molecule has 2 saturated heterocycles. The Labute approximate surface area is 211 Å². The fourth-order valence-corrected chi connectivity index (χ4v) is 5.96. The minimum Gasteiger partial charge on any atom is -0.490 e. The fraction of sp³-hybridized carbons (Fsp3) is 0.458. The molecule has 2 aliphatic rings. The second-order valence-corrected chi connectivity index (χ2v) is 11.6. The first-order valence-electron chi connectivity index (χ1n) is 11.5.